The van der Waals surface area contributed by atoms with E-state index in [1.807, 2.05) is 6.20 Å². The minimum Gasteiger partial charge on any atom is -0.457 e. The molecular formula is C51H60N4O. The predicted octanol–water partition coefficient (Wildman–Crippen LogP) is 14.4. The zero-order valence-corrected chi connectivity index (χ0v) is 35.7. The van der Waals surface area contributed by atoms with E-state index >= 15 is 0 Å². The molecule has 0 radical (unpaired) electrons. The van der Waals surface area contributed by atoms with E-state index < -0.39 is 0 Å². The Hall–Kier alpha value is -5.16. The van der Waals surface area contributed by atoms with Gasteiger partial charge in [0.25, 0.3) is 0 Å². The molecule has 1 atom stereocenters. The molecule has 0 amide bonds. The molecule has 0 aliphatic heterocycles. The van der Waals surface area contributed by atoms with Crippen LogP contribution in [0.1, 0.15) is 122 Å². The summed E-state index contributed by atoms with van der Waals surface area (Å²) >= 11 is 0. The van der Waals surface area contributed by atoms with Crippen LogP contribution in [0.3, 0.4) is 0 Å². The molecule has 0 fully saturated rings. The highest BCUT2D eigenvalue weighted by Crippen LogP contribution is 2.40. The fourth-order valence-electron chi connectivity index (χ4n) is 8.00. The van der Waals surface area contributed by atoms with Gasteiger partial charge in [0.1, 0.15) is 17.3 Å². The van der Waals surface area contributed by atoms with Gasteiger partial charge < -0.3 is 4.74 Å². The van der Waals surface area contributed by atoms with Crippen molar-refractivity contribution in [3.63, 3.8) is 0 Å². The van der Waals surface area contributed by atoms with Gasteiger partial charge in [0.15, 0.2) is 0 Å². The molecule has 0 N–H and O–H groups in total. The van der Waals surface area contributed by atoms with Gasteiger partial charge in [-0.1, -0.05) is 112 Å². The van der Waals surface area contributed by atoms with Crippen LogP contribution < -0.4 is 4.74 Å². The molecule has 0 bridgehead atoms. The highest BCUT2D eigenvalue weighted by Gasteiger charge is 2.22. The minimum atomic E-state index is -0.103. The summed E-state index contributed by atoms with van der Waals surface area (Å²) in [7, 11) is 0. The van der Waals surface area contributed by atoms with Gasteiger partial charge in [-0.25, -0.2) is 9.67 Å². The maximum absolute atomic E-state index is 6.87. The van der Waals surface area contributed by atoms with Crippen molar-refractivity contribution in [3.8, 4) is 34.1 Å². The Morgan fingerprint density at radius 1 is 0.679 bits per heavy atom. The fraction of sp³-hybridized carbons (Fsp3) is 0.373. The Labute approximate surface area is 334 Å². The first-order valence-corrected chi connectivity index (χ1v) is 20.4. The third kappa shape index (κ3) is 8.05. The molecule has 290 valence electrons. The number of fused-ring (bicyclic) bond motifs is 3. The number of hydrogen-bond acceptors (Lipinski definition) is 3. The smallest absolute Gasteiger partial charge is 0.137 e. The Kier molecular flexibility index (Phi) is 10.3. The Bertz CT molecular complexity index is 2510. The largest absolute Gasteiger partial charge is 0.457 e. The molecule has 1 unspecified atom stereocenters. The first kappa shape index (κ1) is 39.1. The SMILES string of the molecule is Cc1nn(-c2cc(Oc3ccc4c5cc(C(C)CCCC(C)(C)C)ccc5n(-c5cc(C(C)(C)C)ccn5)c4c3)cc(C(C)(C)C)c2)c(C)c1-c1ccccc1. The van der Waals surface area contributed by atoms with Gasteiger partial charge >= 0.3 is 0 Å². The van der Waals surface area contributed by atoms with E-state index in [0.29, 0.717) is 11.3 Å². The predicted molar refractivity (Wildman–Crippen MR) is 236 cm³/mol. The Balaban J connectivity index is 1.34. The summed E-state index contributed by atoms with van der Waals surface area (Å²) in [5.41, 5.74) is 11.7. The van der Waals surface area contributed by atoms with E-state index in [1.165, 1.54) is 57.9 Å². The van der Waals surface area contributed by atoms with Crippen molar-refractivity contribution >= 4 is 21.8 Å². The van der Waals surface area contributed by atoms with Crippen molar-refractivity contribution in [2.45, 2.75) is 119 Å². The van der Waals surface area contributed by atoms with E-state index in [2.05, 4.69) is 189 Å². The van der Waals surface area contributed by atoms with Crippen LogP contribution in [-0.4, -0.2) is 19.3 Å². The van der Waals surface area contributed by atoms with Gasteiger partial charge in [0.2, 0.25) is 0 Å². The van der Waals surface area contributed by atoms with Crippen LogP contribution in [0.25, 0.3) is 44.4 Å². The molecule has 0 saturated carbocycles. The summed E-state index contributed by atoms with van der Waals surface area (Å²) in [6.07, 6.45) is 5.57. The fourth-order valence-corrected chi connectivity index (χ4v) is 8.00. The zero-order valence-electron chi connectivity index (χ0n) is 35.7. The van der Waals surface area contributed by atoms with Crippen LogP contribution in [0, 0.1) is 19.3 Å². The van der Waals surface area contributed by atoms with Gasteiger partial charge in [-0.05, 0) is 120 Å². The number of rotatable bonds is 9. The lowest BCUT2D eigenvalue weighted by atomic mass is 9.86. The lowest BCUT2D eigenvalue weighted by Gasteiger charge is -2.22. The number of hydrogen-bond donors (Lipinski definition) is 0. The van der Waals surface area contributed by atoms with Gasteiger partial charge in [0, 0.05) is 40.4 Å². The van der Waals surface area contributed by atoms with Crippen molar-refractivity contribution in [2.24, 2.45) is 5.41 Å². The van der Waals surface area contributed by atoms with E-state index in [1.54, 1.807) is 0 Å². The third-order valence-corrected chi connectivity index (χ3v) is 11.3. The van der Waals surface area contributed by atoms with Crippen molar-refractivity contribution in [1.82, 2.24) is 19.3 Å². The molecule has 0 saturated heterocycles. The molecule has 4 aromatic carbocycles. The minimum absolute atomic E-state index is 0.0104. The number of nitrogens with zero attached hydrogens (tertiary/aromatic N) is 4. The highest BCUT2D eigenvalue weighted by molar-refractivity contribution is 6.09. The number of ether oxygens (including phenoxy) is 1. The van der Waals surface area contributed by atoms with Crippen LogP contribution in [-0.2, 0) is 10.8 Å². The van der Waals surface area contributed by atoms with Gasteiger partial charge in [-0.15, -0.1) is 0 Å². The second kappa shape index (κ2) is 14.7. The third-order valence-electron chi connectivity index (χ3n) is 11.3. The van der Waals surface area contributed by atoms with Crippen LogP contribution in [0.15, 0.2) is 103 Å². The first-order valence-electron chi connectivity index (χ1n) is 20.4. The maximum Gasteiger partial charge on any atom is 0.137 e. The van der Waals surface area contributed by atoms with Gasteiger partial charge in [-0.2, -0.15) is 5.10 Å². The van der Waals surface area contributed by atoms with E-state index in [0.717, 1.165) is 45.4 Å². The van der Waals surface area contributed by atoms with Crippen LogP contribution in [0.4, 0.5) is 0 Å². The van der Waals surface area contributed by atoms with Gasteiger partial charge in [0.05, 0.1) is 22.4 Å². The van der Waals surface area contributed by atoms with Crippen molar-refractivity contribution < 1.29 is 4.74 Å². The molecule has 5 nitrogen and oxygen atoms in total. The molecule has 56 heavy (non-hydrogen) atoms. The van der Waals surface area contributed by atoms with E-state index in [9.17, 15) is 0 Å². The standard InChI is InChI=1S/C51H60N4O/c1-33(17-16-25-49(4,5)6)37-20-23-45-44(27-37)43-22-21-41(32-46(43)54(45)47-30-38(24-26-52-47)50(7,8)9)56-42-29-39(51(10,11)12)28-40(31-42)55-35(3)48(34(2)53-55)36-18-14-13-15-19-36/h13-15,18-24,26-33H,16-17,25H2,1-12H3. The second-order valence-corrected chi connectivity index (χ2v) is 19.2. The molecular weight excluding hydrogens is 685 g/mol. The van der Waals surface area contributed by atoms with Crippen molar-refractivity contribution in [1.29, 1.82) is 0 Å². The second-order valence-electron chi connectivity index (χ2n) is 19.2. The topological polar surface area (TPSA) is 44.9 Å². The average Bonchev–Trinajstić information content (AvgIpc) is 3.62. The molecule has 3 aromatic heterocycles. The van der Waals surface area contributed by atoms with Crippen LogP contribution in [0.2, 0.25) is 0 Å². The van der Waals surface area contributed by atoms with Crippen molar-refractivity contribution in [3.05, 3.63) is 131 Å². The molecule has 0 aliphatic rings. The monoisotopic (exact) mass is 744 g/mol. The lowest BCUT2D eigenvalue weighted by Crippen LogP contribution is -2.12. The number of aryl methyl sites for hydroxylation is 1. The highest BCUT2D eigenvalue weighted by atomic mass is 16.5. The quantitative estimate of drug-likeness (QED) is 0.148. The Morgan fingerprint density at radius 3 is 2.11 bits per heavy atom. The summed E-state index contributed by atoms with van der Waals surface area (Å²) in [5, 5.41) is 7.49. The molecule has 0 aliphatic carbocycles. The number of pyridine rings is 1. The molecule has 7 rings (SSSR count). The van der Waals surface area contributed by atoms with Gasteiger partial charge in [-0.3, -0.25) is 4.57 Å². The average molecular weight is 745 g/mol. The molecule has 5 heteroatoms. The summed E-state index contributed by atoms with van der Waals surface area (Å²) in [5.74, 6) is 2.94. The number of benzene rings is 4. The normalized spacial score (nSPS) is 13.1. The van der Waals surface area contributed by atoms with Crippen molar-refractivity contribution in [2.75, 3.05) is 0 Å². The molecule has 7 aromatic rings. The van der Waals surface area contributed by atoms with Crippen LogP contribution >= 0.6 is 0 Å². The van der Waals surface area contributed by atoms with E-state index in [-0.39, 0.29) is 10.8 Å². The van der Waals surface area contributed by atoms with E-state index in [4.69, 9.17) is 14.8 Å². The lowest BCUT2D eigenvalue weighted by molar-refractivity contribution is 0.354. The maximum atomic E-state index is 6.87. The van der Waals surface area contributed by atoms with Crippen LogP contribution in [0.5, 0.6) is 11.5 Å². The zero-order chi connectivity index (χ0) is 40.2. The Morgan fingerprint density at radius 2 is 1.41 bits per heavy atom. The summed E-state index contributed by atoms with van der Waals surface area (Å²) in [6.45, 7) is 27.1. The summed E-state index contributed by atoms with van der Waals surface area (Å²) < 4.78 is 11.3. The number of aromatic nitrogens is 4. The molecule has 0 spiro atoms. The summed E-state index contributed by atoms with van der Waals surface area (Å²) in [4.78, 5) is 4.97. The first-order chi connectivity index (χ1) is 26.4. The molecule has 3 heterocycles. The summed E-state index contributed by atoms with van der Waals surface area (Å²) in [6, 6.07) is 35.0.